The zero-order chi connectivity index (χ0) is 14.0. The van der Waals surface area contributed by atoms with Gasteiger partial charge in [0.15, 0.2) is 0 Å². The summed E-state index contributed by atoms with van der Waals surface area (Å²) >= 11 is 3.19. The van der Waals surface area contributed by atoms with Gasteiger partial charge in [0.25, 0.3) is 5.69 Å². The van der Waals surface area contributed by atoms with Gasteiger partial charge >= 0.3 is 0 Å². The Morgan fingerprint density at radius 2 is 2.26 bits per heavy atom. The standard InChI is InChI=1S/C13H18BrN3O2/c1-9(2)16-6-5-11(8-16)15-10-3-4-12(14)13(7-10)17(18)19/h3-4,7,9,11,15H,5-6,8H2,1-2H3. The fourth-order valence-corrected chi connectivity index (χ4v) is 2.74. The third-order valence-electron chi connectivity index (χ3n) is 3.46. The van der Waals surface area contributed by atoms with E-state index in [0.29, 0.717) is 16.6 Å². The third-order valence-corrected chi connectivity index (χ3v) is 4.13. The molecular weight excluding hydrogens is 310 g/mol. The number of anilines is 1. The predicted octanol–water partition coefficient (Wildman–Crippen LogP) is 3.25. The van der Waals surface area contributed by atoms with Gasteiger partial charge in [-0.25, -0.2) is 0 Å². The monoisotopic (exact) mass is 327 g/mol. The molecule has 1 N–H and O–H groups in total. The zero-order valence-corrected chi connectivity index (χ0v) is 12.7. The van der Waals surface area contributed by atoms with Gasteiger partial charge < -0.3 is 5.32 Å². The van der Waals surface area contributed by atoms with Crippen molar-refractivity contribution in [1.29, 1.82) is 0 Å². The van der Waals surface area contributed by atoms with Gasteiger partial charge in [0.05, 0.1) is 9.40 Å². The molecule has 0 spiro atoms. The highest BCUT2D eigenvalue weighted by atomic mass is 79.9. The summed E-state index contributed by atoms with van der Waals surface area (Å²) in [6, 6.07) is 6.08. The van der Waals surface area contributed by atoms with Crippen LogP contribution in [0.15, 0.2) is 22.7 Å². The molecule has 1 aliphatic heterocycles. The van der Waals surface area contributed by atoms with Gasteiger partial charge in [-0.05, 0) is 48.3 Å². The molecule has 6 heteroatoms. The number of rotatable bonds is 4. The van der Waals surface area contributed by atoms with Gasteiger partial charge in [0.2, 0.25) is 0 Å². The van der Waals surface area contributed by atoms with E-state index in [-0.39, 0.29) is 10.6 Å². The summed E-state index contributed by atoms with van der Waals surface area (Å²) in [7, 11) is 0. The molecule has 2 rings (SSSR count). The van der Waals surface area contributed by atoms with Crippen LogP contribution in [0.5, 0.6) is 0 Å². The number of nitro benzene ring substituents is 1. The Bertz CT molecular complexity index is 479. The highest BCUT2D eigenvalue weighted by Gasteiger charge is 2.24. The van der Waals surface area contributed by atoms with Crippen molar-refractivity contribution in [2.45, 2.75) is 32.4 Å². The minimum atomic E-state index is -0.371. The van der Waals surface area contributed by atoms with Crippen LogP contribution in [0.25, 0.3) is 0 Å². The van der Waals surface area contributed by atoms with Crippen LogP contribution in [0.1, 0.15) is 20.3 Å². The molecule has 0 amide bonds. The highest BCUT2D eigenvalue weighted by Crippen LogP contribution is 2.28. The second-order valence-electron chi connectivity index (χ2n) is 5.14. The maximum absolute atomic E-state index is 10.9. The van der Waals surface area contributed by atoms with Crippen LogP contribution in [0, 0.1) is 10.1 Å². The largest absolute Gasteiger partial charge is 0.381 e. The molecule has 0 aromatic heterocycles. The molecule has 19 heavy (non-hydrogen) atoms. The number of nitro groups is 1. The van der Waals surface area contributed by atoms with E-state index in [1.807, 2.05) is 6.07 Å². The topological polar surface area (TPSA) is 58.4 Å². The summed E-state index contributed by atoms with van der Waals surface area (Å²) in [6.07, 6.45) is 1.07. The molecule has 0 bridgehead atoms. The van der Waals surface area contributed by atoms with Crippen molar-refractivity contribution in [3.05, 3.63) is 32.8 Å². The quantitative estimate of drug-likeness (QED) is 0.681. The van der Waals surface area contributed by atoms with Gasteiger partial charge in [0, 0.05) is 36.9 Å². The van der Waals surface area contributed by atoms with Gasteiger partial charge in [-0.3, -0.25) is 15.0 Å². The van der Waals surface area contributed by atoms with Gasteiger partial charge in [0.1, 0.15) is 0 Å². The van der Waals surface area contributed by atoms with E-state index in [1.165, 1.54) is 0 Å². The lowest BCUT2D eigenvalue weighted by Gasteiger charge is -2.20. The highest BCUT2D eigenvalue weighted by molar-refractivity contribution is 9.10. The number of nitrogens with zero attached hydrogens (tertiary/aromatic N) is 2. The second kappa shape index (κ2) is 5.88. The molecule has 1 fully saturated rings. The summed E-state index contributed by atoms with van der Waals surface area (Å²) in [5, 5.41) is 14.3. The number of likely N-dealkylation sites (tertiary alicyclic amines) is 1. The molecule has 1 aromatic rings. The molecule has 1 saturated heterocycles. The van der Waals surface area contributed by atoms with Crippen molar-refractivity contribution < 1.29 is 4.92 Å². The van der Waals surface area contributed by atoms with Gasteiger partial charge in [-0.2, -0.15) is 0 Å². The van der Waals surface area contributed by atoms with Crippen LogP contribution in [-0.4, -0.2) is 35.0 Å². The smallest absolute Gasteiger partial charge is 0.285 e. The maximum atomic E-state index is 10.9. The lowest BCUT2D eigenvalue weighted by Crippen LogP contribution is -2.31. The molecule has 5 nitrogen and oxygen atoms in total. The molecular formula is C13H18BrN3O2. The summed E-state index contributed by atoms with van der Waals surface area (Å²) in [4.78, 5) is 12.9. The average molecular weight is 328 g/mol. The summed E-state index contributed by atoms with van der Waals surface area (Å²) in [6.45, 7) is 6.44. The fraction of sp³-hybridized carbons (Fsp3) is 0.538. The van der Waals surface area contributed by atoms with Crippen molar-refractivity contribution in [1.82, 2.24) is 4.90 Å². The van der Waals surface area contributed by atoms with Gasteiger partial charge in [-0.15, -0.1) is 0 Å². The second-order valence-corrected chi connectivity index (χ2v) is 6.00. The Labute approximate surface area is 121 Å². The third kappa shape index (κ3) is 3.45. The molecule has 0 saturated carbocycles. The van der Waals surface area contributed by atoms with E-state index < -0.39 is 0 Å². The average Bonchev–Trinajstić information content (AvgIpc) is 2.80. The molecule has 104 valence electrons. The minimum Gasteiger partial charge on any atom is -0.381 e. The van der Waals surface area contributed by atoms with Crippen molar-refractivity contribution in [3.8, 4) is 0 Å². The van der Waals surface area contributed by atoms with Crippen molar-refractivity contribution in [3.63, 3.8) is 0 Å². The first-order chi connectivity index (χ1) is 8.97. The maximum Gasteiger partial charge on any atom is 0.285 e. The molecule has 1 heterocycles. The lowest BCUT2D eigenvalue weighted by atomic mass is 10.2. The summed E-state index contributed by atoms with van der Waals surface area (Å²) in [5.41, 5.74) is 0.911. The van der Waals surface area contributed by atoms with E-state index in [9.17, 15) is 10.1 Å². The minimum absolute atomic E-state index is 0.101. The van der Waals surface area contributed by atoms with Crippen LogP contribution >= 0.6 is 15.9 Å². The van der Waals surface area contributed by atoms with Crippen LogP contribution < -0.4 is 5.32 Å². The first-order valence-electron chi connectivity index (χ1n) is 6.42. The first-order valence-corrected chi connectivity index (χ1v) is 7.21. The van der Waals surface area contributed by atoms with E-state index in [0.717, 1.165) is 25.2 Å². The van der Waals surface area contributed by atoms with Crippen molar-refractivity contribution in [2.75, 3.05) is 18.4 Å². The number of hydrogen-bond acceptors (Lipinski definition) is 4. The Hall–Kier alpha value is -1.14. The van der Waals surface area contributed by atoms with E-state index in [4.69, 9.17) is 0 Å². The molecule has 1 aliphatic rings. The molecule has 0 aliphatic carbocycles. The Morgan fingerprint density at radius 3 is 2.84 bits per heavy atom. The number of hydrogen-bond donors (Lipinski definition) is 1. The zero-order valence-electron chi connectivity index (χ0n) is 11.1. The normalized spacial score (nSPS) is 19.9. The van der Waals surface area contributed by atoms with E-state index >= 15 is 0 Å². The van der Waals surface area contributed by atoms with E-state index in [1.54, 1.807) is 12.1 Å². The number of nitrogens with one attached hydrogen (secondary N) is 1. The van der Waals surface area contributed by atoms with E-state index in [2.05, 4.69) is 40.0 Å². The first kappa shape index (κ1) is 14.3. The predicted molar refractivity (Wildman–Crippen MR) is 79.5 cm³/mol. The van der Waals surface area contributed by atoms with Crippen LogP contribution in [0.4, 0.5) is 11.4 Å². The van der Waals surface area contributed by atoms with Crippen molar-refractivity contribution >= 4 is 27.3 Å². The van der Waals surface area contributed by atoms with Gasteiger partial charge in [-0.1, -0.05) is 0 Å². The Morgan fingerprint density at radius 1 is 1.53 bits per heavy atom. The van der Waals surface area contributed by atoms with Crippen LogP contribution in [0.2, 0.25) is 0 Å². The number of benzene rings is 1. The fourth-order valence-electron chi connectivity index (χ4n) is 2.35. The van der Waals surface area contributed by atoms with Crippen LogP contribution in [0.3, 0.4) is 0 Å². The Balaban J connectivity index is 2.04. The molecule has 0 radical (unpaired) electrons. The number of halogens is 1. The SMILES string of the molecule is CC(C)N1CCC(Nc2ccc(Br)c([N+](=O)[O-])c2)C1. The summed E-state index contributed by atoms with van der Waals surface area (Å²) in [5.74, 6) is 0. The van der Waals surface area contributed by atoms with Crippen molar-refractivity contribution in [2.24, 2.45) is 0 Å². The summed E-state index contributed by atoms with van der Waals surface area (Å²) < 4.78 is 0.512. The Kier molecular flexibility index (Phi) is 4.42. The lowest BCUT2D eigenvalue weighted by molar-refractivity contribution is -0.385. The molecule has 1 atom stereocenters. The molecule has 1 unspecified atom stereocenters. The van der Waals surface area contributed by atoms with Crippen LogP contribution in [-0.2, 0) is 0 Å². The molecule has 1 aromatic carbocycles.